The lowest BCUT2D eigenvalue weighted by molar-refractivity contribution is 0.0602. The topological polar surface area (TPSA) is 76.6 Å². The zero-order valence-corrected chi connectivity index (χ0v) is 17.9. The number of hydrogen-bond acceptors (Lipinski definition) is 6. The van der Waals surface area contributed by atoms with Gasteiger partial charge in [0, 0.05) is 25.5 Å². The van der Waals surface area contributed by atoms with Crippen LogP contribution in [-0.4, -0.2) is 30.8 Å². The number of thiophene rings is 1. The van der Waals surface area contributed by atoms with Crippen molar-refractivity contribution in [2.24, 2.45) is 0 Å². The first-order chi connectivity index (χ1) is 14.0. The summed E-state index contributed by atoms with van der Waals surface area (Å²) in [6.07, 6.45) is 4.19. The van der Waals surface area contributed by atoms with Crippen molar-refractivity contribution in [1.29, 1.82) is 0 Å². The predicted octanol–water partition coefficient (Wildman–Crippen LogP) is 3.88. The summed E-state index contributed by atoms with van der Waals surface area (Å²) in [6.45, 7) is 2.39. The molecule has 0 aliphatic rings. The van der Waals surface area contributed by atoms with Crippen molar-refractivity contribution in [2.45, 2.75) is 31.3 Å². The van der Waals surface area contributed by atoms with Gasteiger partial charge in [0.25, 0.3) is 0 Å². The van der Waals surface area contributed by atoms with E-state index >= 15 is 0 Å². The molecule has 0 saturated carbocycles. The Balaban J connectivity index is 1.99. The predicted molar refractivity (Wildman–Crippen MR) is 112 cm³/mol. The van der Waals surface area contributed by atoms with Gasteiger partial charge in [-0.2, -0.15) is 4.31 Å². The highest BCUT2D eigenvalue weighted by Crippen LogP contribution is 2.28. The molecule has 2 heterocycles. The summed E-state index contributed by atoms with van der Waals surface area (Å²) < 4.78 is 33.1. The Kier molecular flexibility index (Phi) is 6.79. The zero-order chi connectivity index (χ0) is 20.9. The minimum absolute atomic E-state index is 0.0385. The average Bonchev–Trinajstić information content (AvgIpc) is 3.25. The SMILES string of the molecule is CCc1ccc(CN(Cc2cccnc2)S(=O)(=O)c2ccsc2C(=O)OC)cc1. The molecule has 2 aromatic heterocycles. The molecular weight excluding hydrogens is 408 g/mol. The van der Waals surface area contributed by atoms with Crippen LogP contribution in [0.3, 0.4) is 0 Å². The number of aryl methyl sites for hydroxylation is 1. The molecule has 0 unspecified atom stereocenters. The number of aromatic nitrogens is 1. The van der Waals surface area contributed by atoms with Crippen LogP contribution in [0.4, 0.5) is 0 Å². The molecule has 0 N–H and O–H groups in total. The van der Waals surface area contributed by atoms with Crippen molar-refractivity contribution >= 4 is 27.3 Å². The zero-order valence-electron chi connectivity index (χ0n) is 16.2. The third-order valence-corrected chi connectivity index (χ3v) is 7.35. The fraction of sp³-hybridized carbons (Fsp3) is 0.238. The van der Waals surface area contributed by atoms with Crippen LogP contribution in [0.15, 0.2) is 65.1 Å². The van der Waals surface area contributed by atoms with E-state index in [4.69, 9.17) is 4.74 Å². The fourth-order valence-corrected chi connectivity index (χ4v) is 5.61. The molecule has 1 aromatic carbocycles. The third kappa shape index (κ3) is 4.90. The molecule has 0 amide bonds. The Labute approximate surface area is 174 Å². The number of methoxy groups -OCH3 is 1. The largest absolute Gasteiger partial charge is 0.465 e. The number of rotatable bonds is 8. The van der Waals surface area contributed by atoms with Gasteiger partial charge in [0.1, 0.15) is 9.77 Å². The molecule has 0 aliphatic carbocycles. The standard InChI is InChI=1S/C21H22N2O4S2/c1-3-16-6-8-17(9-7-16)14-23(15-18-5-4-11-22-13-18)29(25,26)19-10-12-28-20(19)21(24)27-2/h4-13H,3,14-15H2,1-2H3. The number of pyridine rings is 1. The van der Waals surface area contributed by atoms with Crippen LogP contribution in [0.25, 0.3) is 0 Å². The maximum Gasteiger partial charge on any atom is 0.349 e. The van der Waals surface area contributed by atoms with Crippen LogP contribution in [-0.2, 0) is 34.3 Å². The molecule has 0 fully saturated rings. The van der Waals surface area contributed by atoms with Crippen LogP contribution < -0.4 is 0 Å². The molecule has 29 heavy (non-hydrogen) atoms. The molecule has 0 bridgehead atoms. The Morgan fingerprint density at radius 2 is 1.76 bits per heavy atom. The van der Waals surface area contributed by atoms with Gasteiger partial charge in [0.2, 0.25) is 10.0 Å². The molecule has 0 spiro atoms. The molecule has 0 radical (unpaired) electrons. The quantitative estimate of drug-likeness (QED) is 0.507. The van der Waals surface area contributed by atoms with Crippen molar-refractivity contribution in [1.82, 2.24) is 9.29 Å². The van der Waals surface area contributed by atoms with Gasteiger partial charge in [-0.05, 0) is 40.6 Å². The van der Waals surface area contributed by atoms with Crippen LogP contribution in [0.2, 0.25) is 0 Å². The summed E-state index contributed by atoms with van der Waals surface area (Å²) in [5.41, 5.74) is 2.81. The van der Waals surface area contributed by atoms with Gasteiger partial charge < -0.3 is 4.74 Å². The molecule has 8 heteroatoms. The van der Waals surface area contributed by atoms with Crippen molar-refractivity contribution in [3.8, 4) is 0 Å². The van der Waals surface area contributed by atoms with Crippen LogP contribution in [0.1, 0.15) is 33.3 Å². The van der Waals surface area contributed by atoms with Crippen LogP contribution in [0, 0.1) is 0 Å². The van der Waals surface area contributed by atoms with Crippen LogP contribution in [0.5, 0.6) is 0 Å². The fourth-order valence-electron chi connectivity index (χ4n) is 2.89. The lowest BCUT2D eigenvalue weighted by atomic mass is 10.1. The number of hydrogen-bond donors (Lipinski definition) is 0. The Morgan fingerprint density at radius 3 is 2.38 bits per heavy atom. The molecule has 0 atom stereocenters. The normalized spacial score (nSPS) is 11.6. The minimum atomic E-state index is -3.94. The summed E-state index contributed by atoms with van der Waals surface area (Å²) in [5, 5.41) is 1.58. The number of esters is 1. The van der Waals surface area contributed by atoms with Crippen molar-refractivity contribution < 1.29 is 17.9 Å². The van der Waals surface area contributed by atoms with Gasteiger partial charge in [-0.15, -0.1) is 11.3 Å². The number of sulfonamides is 1. The Bertz CT molecular complexity index is 1060. The Hall–Kier alpha value is -2.55. The highest BCUT2D eigenvalue weighted by Gasteiger charge is 2.31. The molecule has 0 saturated heterocycles. The van der Waals surface area contributed by atoms with E-state index in [1.807, 2.05) is 30.3 Å². The van der Waals surface area contributed by atoms with E-state index in [1.54, 1.807) is 23.8 Å². The summed E-state index contributed by atoms with van der Waals surface area (Å²) in [7, 11) is -2.70. The third-order valence-electron chi connectivity index (χ3n) is 4.49. The maximum absolute atomic E-state index is 13.5. The van der Waals surface area contributed by atoms with Gasteiger partial charge in [-0.25, -0.2) is 13.2 Å². The summed E-state index contributed by atoms with van der Waals surface area (Å²) in [6, 6.07) is 12.9. The van der Waals surface area contributed by atoms with E-state index in [2.05, 4.69) is 11.9 Å². The smallest absolute Gasteiger partial charge is 0.349 e. The summed E-state index contributed by atoms with van der Waals surface area (Å²) in [4.78, 5) is 16.2. The maximum atomic E-state index is 13.5. The average molecular weight is 431 g/mol. The van der Waals surface area contributed by atoms with E-state index in [0.29, 0.717) is 0 Å². The first kappa shape index (κ1) is 21.2. The molecular formula is C21H22N2O4S2. The number of nitrogens with zero attached hydrogens (tertiary/aromatic N) is 2. The van der Waals surface area contributed by atoms with Gasteiger partial charge in [0.05, 0.1) is 7.11 Å². The van der Waals surface area contributed by atoms with Gasteiger partial charge in [-0.3, -0.25) is 4.98 Å². The van der Waals surface area contributed by atoms with E-state index in [0.717, 1.165) is 28.9 Å². The second kappa shape index (κ2) is 9.30. The summed E-state index contributed by atoms with van der Waals surface area (Å²) >= 11 is 1.05. The number of benzene rings is 1. The van der Waals surface area contributed by atoms with Crippen LogP contribution >= 0.6 is 11.3 Å². The highest BCUT2D eigenvalue weighted by atomic mass is 32.2. The van der Waals surface area contributed by atoms with E-state index < -0.39 is 16.0 Å². The first-order valence-corrected chi connectivity index (χ1v) is 11.4. The second-order valence-corrected chi connectivity index (χ2v) is 9.23. The number of carbonyl (C=O) groups is 1. The van der Waals surface area contributed by atoms with E-state index in [1.165, 1.54) is 23.0 Å². The summed E-state index contributed by atoms with van der Waals surface area (Å²) in [5.74, 6) is -0.660. The van der Waals surface area contributed by atoms with Gasteiger partial charge in [0.15, 0.2) is 0 Å². The molecule has 0 aliphatic heterocycles. The lowest BCUT2D eigenvalue weighted by Gasteiger charge is -2.22. The van der Waals surface area contributed by atoms with Gasteiger partial charge >= 0.3 is 5.97 Å². The number of ether oxygens (including phenoxy) is 1. The van der Waals surface area contributed by atoms with E-state index in [-0.39, 0.29) is 22.9 Å². The first-order valence-electron chi connectivity index (χ1n) is 9.08. The Morgan fingerprint density at radius 1 is 1.07 bits per heavy atom. The number of carbonyl (C=O) groups excluding carboxylic acids is 1. The highest BCUT2D eigenvalue weighted by molar-refractivity contribution is 7.89. The van der Waals surface area contributed by atoms with Gasteiger partial charge in [-0.1, -0.05) is 37.3 Å². The van der Waals surface area contributed by atoms with Crippen molar-refractivity contribution in [3.63, 3.8) is 0 Å². The minimum Gasteiger partial charge on any atom is -0.465 e. The molecule has 6 nitrogen and oxygen atoms in total. The molecule has 3 rings (SSSR count). The molecule has 3 aromatic rings. The second-order valence-electron chi connectivity index (χ2n) is 6.41. The van der Waals surface area contributed by atoms with E-state index in [9.17, 15) is 13.2 Å². The van der Waals surface area contributed by atoms with Crippen molar-refractivity contribution in [3.05, 3.63) is 81.8 Å². The molecule has 152 valence electrons. The monoisotopic (exact) mass is 430 g/mol. The van der Waals surface area contributed by atoms with Crippen molar-refractivity contribution in [2.75, 3.05) is 7.11 Å². The lowest BCUT2D eigenvalue weighted by Crippen LogP contribution is -2.31.